The maximum absolute atomic E-state index is 12.9. The monoisotopic (exact) mass is 553 g/mol. The average Bonchev–Trinajstić information content (AvgIpc) is 2.84. The fourth-order valence-corrected chi connectivity index (χ4v) is 3.27. The maximum Gasteiger partial charge on any atom is 0.326 e. The molecule has 39 heavy (non-hydrogen) atoms. The Kier molecular flexibility index (Phi) is 12.8. The normalized spacial score (nSPS) is 13.7. The number of carbonyl (C=O) groups excluding carboxylic acids is 4. The molecule has 0 fully saturated rings. The van der Waals surface area contributed by atoms with Gasteiger partial charge in [0.25, 0.3) is 0 Å². The third kappa shape index (κ3) is 12.4. The van der Waals surface area contributed by atoms with Crippen LogP contribution in [0.4, 0.5) is 0 Å². The molecule has 0 bridgehead atoms. The van der Waals surface area contributed by atoms with E-state index in [0.717, 1.165) is 0 Å². The summed E-state index contributed by atoms with van der Waals surface area (Å²) in [6.07, 6.45) is -2.83. The lowest BCUT2D eigenvalue weighted by molar-refractivity contribution is -0.143. The van der Waals surface area contributed by atoms with Gasteiger partial charge in [0.1, 0.15) is 23.9 Å². The van der Waals surface area contributed by atoms with Crippen molar-refractivity contribution < 1.29 is 54.0 Å². The summed E-state index contributed by atoms with van der Waals surface area (Å²) in [5.41, 5.74) is 11.4. The lowest BCUT2D eigenvalue weighted by Crippen LogP contribution is -2.57. The zero-order chi connectivity index (χ0) is 29.7. The number of phenolic OH excluding ortho intramolecular Hbond substituents is 1. The predicted molar refractivity (Wildman–Crippen MR) is 131 cm³/mol. The number of amides is 4. The first-order valence-corrected chi connectivity index (χ1v) is 11.6. The van der Waals surface area contributed by atoms with Crippen LogP contribution in [0, 0.1) is 0 Å². The Labute approximate surface area is 221 Å². The van der Waals surface area contributed by atoms with Gasteiger partial charge in [0.05, 0.1) is 12.5 Å². The highest BCUT2D eigenvalue weighted by molar-refractivity contribution is 5.95. The number of benzene rings is 1. The Balaban J connectivity index is 3.01. The van der Waals surface area contributed by atoms with Crippen molar-refractivity contribution >= 4 is 41.5 Å². The van der Waals surface area contributed by atoms with Crippen LogP contribution >= 0.6 is 0 Å². The van der Waals surface area contributed by atoms with Gasteiger partial charge in [-0.05, 0) is 37.0 Å². The van der Waals surface area contributed by atoms with E-state index in [1.165, 1.54) is 24.3 Å². The van der Waals surface area contributed by atoms with Crippen LogP contribution in [0.1, 0.15) is 37.7 Å². The third-order valence-corrected chi connectivity index (χ3v) is 5.31. The number of aromatic hydroxyl groups is 1. The number of aliphatic carboxylic acids is 3. The van der Waals surface area contributed by atoms with Gasteiger partial charge < -0.3 is 47.8 Å². The minimum atomic E-state index is -1.82. The molecule has 214 valence electrons. The Bertz CT molecular complexity index is 1080. The molecular weight excluding hydrogens is 522 g/mol. The second kappa shape index (κ2) is 15.5. The van der Waals surface area contributed by atoms with Crippen LogP contribution in [0.3, 0.4) is 0 Å². The van der Waals surface area contributed by atoms with E-state index in [4.69, 9.17) is 21.7 Å². The molecule has 0 saturated heterocycles. The van der Waals surface area contributed by atoms with Crippen LogP contribution < -0.4 is 27.4 Å². The molecule has 0 aliphatic rings. The Morgan fingerprint density at radius 2 is 1.23 bits per heavy atom. The van der Waals surface area contributed by atoms with Gasteiger partial charge >= 0.3 is 17.9 Å². The molecule has 4 amide bonds. The number of nitrogens with two attached hydrogens (primary N) is 2. The first-order chi connectivity index (χ1) is 18.2. The van der Waals surface area contributed by atoms with Crippen molar-refractivity contribution in [3.63, 3.8) is 0 Å². The van der Waals surface area contributed by atoms with Crippen LogP contribution in [0.25, 0.3) is 0 Å². The summed E-state index contributed by atoms with van der Waals surface area (Å²) in [5.74, 6) is -8.43. The Morgan fingerprint density at radius 1 is 0.718 bits per heavy atom. The zero-order valence-corrected chi connectivity index (χ0v) is 20.7. The number of rotatable bonds is 17. The Morgan fingerprint density at radius 3 is 1.74 bits per heavy atom. The van der Waals surface area contributed by atoms with Crippen LogP contribution in [0.5, 0.6) is 5.75 Å². The van der Waals surface area contributed by atoms with Gasteiger partial charge in [0.2, 0.25) is 23.6 Å². The number of primary amides is 1. The molecular formula is C23H31N5O11. The summed E-state index contributed by atoms with van der Waals surface area (Å²) in [7, 11) is 0. The number of phenols is 1. The van der Waals surface area contributed by atoms with E-state index in [-0.39, 0.29) is 12.2 Å². The molecule has 1 aromatic rings. The van der Waals surface area contributed by atoms with Crippen LogP contribution in [0.15, 0.2) is 24.3 Å². The van der Waals surface area contributed by atoms with Gasteiger partial charge in [-0.2, -0.15) is 0 Å². The fraction of sp³-hybridized carbons (Fsp3) is 0.435. The SMILES string of the molecule is NC(=O)CCC(NC(=O)C(CC(=O)O)NC(=O)C(CCC(=O)O)NC(=O)C(N)Cc1ccc(O)cc1)C(=O)O. The minimum absolute atomic E-state index is 0.00862. The lowest BCUT2D eigenvalue weighted by atomic mass is 10.0. The summed E-state index contributed by atoms with van der Waals surface area (Å²) in [4.78, 5) is 82.9. The van der Waals surface area contributed by atoms with Gasteiger partial charge in [0, 0.05) is 12.8 Å². The van der Waals surface area contributed by atoms with Crippen molar-refractivity contribution in [2.24, 2.45) is 11.5 Å². The molecule has 0 saturated carbocycles. The highest BCUT2D eigenvalue weighted by Gasteiger charge is 2.32. The van der Waals surface area contributed by atoms with Crippen molar-refractivity contribution in [3.8, 4) is 5.75 Å². The van der Waals surface area contributed by atoms with Crippen LogP contribution in [-0.4, -0.2) is 86.1 Å². The second-order valence-corrected chi connectivity index (χ2v) is 8.53. The number of nitrogens with one attached hydrogen (secondary N) is 3. The molecule has 0 spiro atoms. The molecule has 0 heterocycles. The first-order valence-electron chi connectivity index (χ1n) is 11.6. The fourth-order valence-electron chi connectivity index (χ4n) is 3.27. The zero-order valence-electron chi connectivity index (χ0n) is 20.7. The highest BCUT2D eigenvalue weighted by atomic mass is 16.4. The number of carboxylic acid groups (broad SMARTS) is 3. The summed E-state index contributed by atoms with van der Waals surface area (Å²) in [6.45, 7) is 0. The van der Waals surface area contributed by atoms with Crippen molar-refractivity contribution in [3.05, 3.63) is 29.8 Å². The molecule has 16 heteroatoms. The third-order valence-electron chi connectivity index (χ3n) is 5.31. The maximum atomic E-state index is 12.9. The molecule has 0 aromatic heterocycles. The van der Waals surface area contributed by atoms with Gasteiger partial charge in [-0.3, -0.25) is 28.8 Å². The summed E-state index contributed by atoms with van der Waals surface area (Å²) in [5, 5.41) is 43.2. The molecule has 0 radical (unpaired) electrons. The van der Waals surface area contributed by atoms with Crippen LogP contribution in [-0.2, 0) is 40.0 Å². The number of hydrogen-bond acceptors (Lipinski definition) is 9. The smallest absolute Gasteiger partial charge is 0.326 e. The standard InChI is InChI=1S/C23H31N5O11/c24-13(9-11-1-3-12(29)4-2-11)20(35)26-14(6-8-18(31)32)21(36)28-16(10-19(33)34)22(37)27-15(23(38)39)5-7-17(25)30/h1-4,13-16,29H,5-10,24H2,(H2,25,30)(H,26,35)(H,27,37)(H,28,36)(H,31,32)(H,33,34)(H,38,39). The first kappa shape index (κ1) is 32.3. The molecule has 16 nitrogen and oxygen atoms in total. The quantitative estimate of drug-likeness (QED) is 0.0960. The molecule has 1 aromatic carbocycles. The van der Waals surface area contributed by atoms with Gasteiger partial charge in [-0.15, -0.1) is 0 Å². The van der Waals surface area contributed by atoms with Crippen molar-refractivity contribution in [1.29, 1.82) is 0 Å². The number of hydrogen-bond donors (Lipinski definition) is 9. The van der Waals surface area contributed by atoms with E-state index < -0.39 is 97.8 Å². The molecule has 1 rings (SSSR count). The summed E-state index contributed by atoms with van der Waals surface area (Å²) in [6, 6.07) is -0.416. The van der Waals surface area contributed by atoms with E-state index in [0.29, 0.717) is 5.56 Å². The largest absolute Gasteiger partial charge is 0.508 e. The Hall–Kier alpha value is -4.73. The lowest BCUT2D eigenvalue weighted by Gasteiger charge is -2.24. The highest BCUT2D eigenvalue weighted by Crippen LogP contribution is 2.11. The van der Waals surface area contributed by atoms with Crippen molar-refractivity contribution in [2.45, 2.75) is 62.7 Å². The van der Waals surface area contributed by atoms with E-state index in [1.54, 1.807) is 0 Å². The molecule has 0 aliphatic heterocycles. The number of carboxylic acids is 3. The van der Waals surface area contributed by atoms with E-state index in [2.05, 4.69) is 10.6 Å². The second-order valence-electron chi connectivity index (χ2n) is 8.53. The van der Waals surface area contributed by atoms with Gasteiger partial charge in [0.15, 0.2) is 0 Å². The van der Waals surface area contributed by atoms with Gasteiger partial charge in [-0.25, -0.2) is 4.79 Å². The van der Waals surface area contributed by atoms with Crippen molar-refractivity contribution in [2.75, 3.05) is 0 Å². The topological polar surface area (TPSA) is 289 Å². The molecule has 4 atom stereocenters. The van der Waals surface area contributed by atoms with E-state index in [9.17, 15) is 43.8 Å². The summed E-state index contributed by atoms with van der Waals surface area (Å²) >= 11 is 0. The number of carbonyl (C=O) groups is 7. The minimum Gasteiger partial charge on any atom is -0.508 e. The molecule has 4 unspecified atom stereocenters. The van der Waals surface area contributed by atoms with Gasteiger partial charge in [-0.1, -0.05) is 12.1 Å². The predicted octanol–water partition coefficient (Wildman–Crippen LogP) is -2.59. The average molecular weight is 554 g/mol. The van der Waals surface area contributed by atoms with E-state index >= 15 is 0 Å². The van der Waals surface area contributed by atoms with Crippen molar-refractivity contribution in [1.82, 2.24) is 16.0 Å². The molecule has 0 aliphatic carbocycles. The van der Waals surface area contributed by atoms with E-state index in [1.807, 2.05) is 5.32 Å². The summed E-state index contributed by atoms with van der Waals surface area (Å²) < 4.78 is 0. The van der Waals surface area contributed by atoms with Crippen LogP contribution in [0.2, 0.25) is 0 Å². The molecule has 11 N–H and O–H groups in total.